The van der Waals surface area contributed by atoms with Crippen molar-refractivity contribution in [3.63, 3.8) is 0 Å². The maximum absolute atomic E-state index is 12.1. The summed E-state index contributed by atoms with van der Waals surface area (Å²) in [4.78, 5) is 27.1. The number of hydrogen-bond acceptors (Lipinski definition) is 4. The molecule has 1 heterocycles. The van der Waals surface area contributed by atoms with E-state index in [1.807, 2.05) is 0 Å². The van der Waals surface area contributed by atoms with Crippen molar-refractivity contribution >= 4 is 35.6 Å². The Bertz CT molecular complexity index is 662. The summed E-state index contributed by atoms with van der Waals surface area (Å²) >= 11 is 0. The third-order valence-corrected chi connectivity index (χ3v) is 2.69. The van der Waals surface area contributed by atoms with Crippen LogP contribution in [0.15, 0.2) is 42.7 Å². The summed E-state index contributed by atoms with van der Waals surface area (Å²) in [5.74, 6) is 0.00687. The summed E-state index contributed by atoms with van der Waals surface area (Å²) in [6.45, 7) is 1.41. The van der Waals surface area contributed by atoms with Gasteiger partial charge in [-0.25, -0.2) is 0 Å². The molecule has 2 aromatic rings. The number of amides is 2. The summed E-state index contributed by atoms with van der Waals surface area (Å²) in [6, 6.07) is 8.34. The number of benzene rings is 1. The average Bonchev–Trinajstić information content (AvgIpc) is 2.48. The lowest BCUT2D eigenvalue weighted by atomic mass is 10.2. The van der Waals surface area contributed by atoms with Gasteiger partial charge in [0.05, 0.1) is 18.4 Å². The minimum atomic E-state index is -0.304. The van der Waals surface area contributed by atoms with Crippen LogP contribution in [0.5, 0.6) is 5.75 Å². The lowest BCUT2D eigenvalue weighted by Gasteiger charge is -2.12. The van der Waals surface area contributed by atoms with Gasteiger partial charge in [0.25, 0.3) is 5.91 Å². The number of ether oxygens (including phenoxy) is 1. The van der Waals surface area contributed by atoms with Gasteiger partial charge in [-0.15, -0.1) is 12.4 Å². The SMILES string of the molecule is COc1ccc(NC(C)=O)cc1NC(=O)c1cccnc1.Cl. The number of carbonyl (C=O) groups excluding carboxylic acids is 2. The van der Waals surface area contributed by atoms with Crippen molar-refractivity contribution in [3.8, 4) is 5.75 Å². The molecule has 0 aliphatic rings. The zero-order chi connectivity index (χ0) is 15.2. The van der Waals surface area contributed by atoms with Crippen LogP contribution >= 0.6 is 12.4 Å². The lowest BCUT2D eigenvalue weighted by molar-refractivity contribution is -0.114. The highest BCUT2D eigenvalue weighted by molar-refractivity contribution is 6.05. The molecule has 0 unspecified atom stereocenters. The smallest absolute Gasteiger partial charge is 0.257 e. The molecule has 0 atom stereocenters. The highest BCUT2D eigenvalue weighted by Gasteiger charge is 2.11. The van der Waals surface area contributed by atoms with E-state index < -0.39 is 0 Å². The summed E-state index contributed by atoms with van der Waals surface area (Å²) < 4.78 is 5.20. The third-order valence-electron chi connectivity index (χ3n) is 2.69. The number of nitrogens with one attached hydrogen (secondary N) is 2. The fourth-order valence-electron chi connectivity index (χ4n) is 1.78. The van der Waals surface area contributed by atoms with Gasteiger partial charge in [-0.05, 0) is 30.3 Å². The van der Waals surface area contributed by atoms with E-state index in [9.17, 15) is 9.59 Å². The molecule has 0 fully saturated rings. The molecule has 0 saturated heterocycles. The highest BCUT2D eigenvalue weighted by Crippen LogP contribution is 2.28. The first kappa shape index (κ1) is 17.5. The highest BCUT2D eigenvalue weighted by atomic mass is 35.5. The van der Waals surface area contributed by atoms with E-state index in [0.717, 1.165) is 0 Å². The Morgan fingerprint density at radius 3 is 2.55 bits per heavy atom. The van der Waals surface area contributed by atoms with Crippen molar-refractivity contribution in [3.05, 3.63) is 48.3 Å². The molecule has 1 aromatic carbocycles. The van der Waals surface area contributed by atoms with E-state index in [1.165, 1.54) is 20.2 Å². The number of nitrogens with zero attached hydrogens (tertiary/aromatic N) is 1. The van der Waals surface area contributed by atoms with Crippen molar-refractivity contribution in [2.45, 2.75) is 6.92 Å². The van der Waals surface area contributed by atoms with Gasteiger partial charge in [-0.1, -0.05) is 0 Å². The van der Waals surface area contributed by atoms with Crippen LogP contribution in [-0.4, -0.2) is 23.9 Å². The fourth-order valence-corrected chi connectivity index (χ4v) is 1.78. The van der Waals surface area contributed by atoms with Crippen LogP contribution in [-0.2, 0) is 4.79 Å². The van der Waals surface area contributed by atoms with Gasteiger partial charge in [0, 0.05) is 25.0 Å². The van der Waals surface area contributed by atoms with Crippen LogP contribution in [0, 0.1) is 0 Å². The third kappa shape index (κ3) is 4.46. The molecule has 0 spiro atoms. The summed E-state index contributed by atoms with van der Waals surface area (Å²) in [7, 11) is 1.51. The molecule has 2 amide bonds. The van der Waals surface area contributed by atoms with Gasteiger partial charge in [0.1, 0.15) is 5.75 Å². The van der Waals surface area contributed by atoms with Crippen molar-refractivity contribution in [1.29, 1.82) is 0 Å². The molecular weight excluding hydrogens is 306 g/mol. The van der Waals surface area contributed by atoms with Crippen LogP contribution in [0.3, 0.4) is 0 Å². The quantitative estimate of drug-likeness (QED) is 0.907. The zero-order valence-electron chi connectivity index (χ0n) is 12.1. The van der Waals surface area contributed by atoms with Crippen molar-refractivity contribution in [2.24, 2.45) is 0 Å². The minimum absolute atomic E-state index is 0. The normalized spacial score (nSPS) is 9.36. The molecule has 0 saturated carbocycles. The molecule has 22 heavy (non-hydrogen) atoms. The van der Waals surface area contributed by atoms with Crippen LogP contribution in [0.2, 0.25) is 0 Å². The van der Waals surface area contributed by atoms with E-state index in [-0.39, 0.29) is 24.2 Å². The molecule has 7 heteroatoms. The van der Waals surface area contributed by atoms with Gasteiger partial charge in [0.15, 0.2) is 0 Å². The summed E-state index contributed by atoms with van der Waals surface area (Å²) in [6.07, 6.45) is 3.06. The van der Waals surface area contributed by atoms with E-state index in [4.69, 9.17) is 4.74 Å². The number of pyridine rings is 1. The predicted octanol–water partition coefficient (Wildman–Crippen LogP) is 2.72. The number of methoxy groups -OCH3 is 1. The van der Waals surface area contributed by atoms with Crippen LogP contribution in [0.4, 0.5) is 11.4 Å². The zero-order valence-corrected chi connectivity index (χ0v) is 12.9. The number of halogens is 1. The van der Waals surface area contributed by atoms with Crippen LogP contribution < -0.4 is 15.4 Å². The Labute approximate surface area is 134 Å². The van der Waals surface area contributed by atoms with Crippen molar-refractivity contribution < 1.29 is 14.3 Å². The molecule has 1 aromatic heterocycles. The molecule has 2 N–H and O–H groups in total. The van der Waals surface area contributed by atoms with E-state index >= 15 is 0 Å². The van der Waals surface area contributed by atoms with Crippen LogP contribution in [0.25, 0.3) is 0 Å². The number of hydrogen-bond donors (Lipinski definition) is 2. The van der Waals surface area contributed by atoms with Crippen molar-refractivity contribution in [1.82, 2.24) is 4.98 Å². The first-order valence-corrected chi connectivity index (χ1v) is 6.27. The maximum atomic E-state index is 12.1. The van der Waals surface area contributed by atoms with E-state index in [1.54, 1.807) is 36.5 Å². The lowest BCUT2D eigenvalue weighted by Crippen LogP contribution is -2.13. The fraction of sp³-hybridized carbons (Fsp3) is 0.133. The largest absolute Gasteiger partial charge is 0.495 e. The average molecular weight is 322 g/mol. The Morgan fingerprint density at radius 2 is 1.95 bits per heavy atom. The Balaban J connectivity index is 0.00000242. The first-order valence-electron chi connectivity index (χ1n) is 6.27. The second-order valence-corrected chi connectivity index (χ2v) is 4.29. The summed E-state index contributed by atoms with van der Waals surface area (Å²) in [5.41, 5.74) is 1.48. The molecule has 0 aliphatic carbocycles. The van der Waals surface area contributed by atoms with Gasteiger partial charge < -0.3 is 15.4 Å². The molecule has 0 aliphatic heterocycles. The Kier molecular flexibility index (Phi) is 6.34. The molecule has 6 nitrogen and oxygen atoms in total. The maximum Gasteiger partial charge on any atom is 0.257 e. The number of anilines is 2. The van der Waals surface area contributed by atoms with Gasteiger partial charge in [-0.2, -0.15) is 0 Å². The second-order valence-electron chi connectivity index (χ2n) is 4.29. The number of rotatable bonds is 4. The van der Waals surface area contributed by atoms with Gasteiger partial charge >= 0.3 is 0 Å². The van der Waals surface area contributed by atoms with E-state index in [2.05, 4.69) is 15.6 Å². The monoisotopic (exact) mass is 321 g/mol. The standard InChI is InChI=1S/C15H15N3O3.ClH/c1-10(19)17-12-5-6-14(21-2)13(8-12)18-15(20)11-4-3-7-16-9-11;/h3-9H,1-2H3,(H,17,19)(H,18,20);1H. The molecule has 2 rings (SSSR count). The van der Waals surface area contributed by atoms with Crippen LogP contribution in [0.1, 0.15) is 17.3 Å². The van der Waals surface area contributed by atoms with Gasteiger partial charge in [-0.3, -0.25) is 14.6 Å². The summed E-state index contributed by atoms with van der Waals surface area (Å²) in [5, 5.41) is 5.39. The molecule has 0 radical (unpaired) electrons. The van der Waals surface area contributed by atoms with Gasteiger partial charge in [0.2, 0.25) is 5.91 Å². The molecule has 116 valence electrons. The number of carbonyl (C=O) groups is 2. The van der Waals surface area contributed by atoms with E-state index in [0.29, 0.717) is 22.7 Å². The number of aromatic nitrogens is 1. The topological polar surface area (TPSA) is 80.3 Å². The molecular formula is C15H16ClN3O3. The first-order chi connectivity index (χ1) is 10.1. The molecule has 0 bridgehead atoms. The Morgan fingerprint density at radius 1 is 1.18 bits per heavy atom. The predicted molar refractivity (Wildman–Crippen MR) is 86.7 cm³/mol. The van der Waals surface area contributed by atoms with Crippen molar-refractivity contribution in [2.75, 3.05) is 17.7 Å². The minimum Gasteiger partial charge on any atom is -0.495 e. The Hall–Kier alpha value is -2.60. The second kappa shape index (κ2) is 7.99.